The van der Waals surface area contributed by atoms with Gasteiger partial charge in [0.1, 0.15) is 11.6 Å². The molecule has 1 rings (SSSR count). The Kier molecular flexibility index (Phi) is 4.62. The third kappa shape index (κ3) is 4.01. The molecule has 0 aromatic carbocycles. The second-order valence-electron chi connectivity index (χ2n) is 5.00. The predicted molar refractivity (Wildman–Crippen MR) is 71.2 cm³/mol. The fraction of sp³-hybridized carbons (Fsp3) is 0.818. The molecule has 1 aliphatic heterocycles. The largest absolute Gasteiger partial charge is 0.467 e. The van der Waals surface area contributed by atoms with Crippen molar-refractivity contribution >= 4 is 34.7 Å². The Labute approximate surface area is 115 Å². The number of hydrogen-bond donors (Lipinski definition) is 0. The first kappa shape index (κ1) is 14.5. The zero-order chi connectivity index (χ0) is 13.2. The molecule has 2 atom stereocenters. The first-order valence-corrected chi connectivity index (χ1v) is 6.70. The summed E-state index contributed by atoms with van der Waals surface area (Å²) in [6, 6.07) is -0.517. The second kappa shape index (κ2) is 5.41. The summed E-state index contributed by atoms with van der Waals surface area (Å²) in [5.74, 6) is -0.380. The van der Waals surface area contributed by atoms with E-state index in [4.69, 9.17) is 9.47 Å². The summed E-state index contributed by atoms with van der Waals surface area (Å²) in [7, 11) is 1.33. The van der Waals surface area contributed by atoms with Gasteiger partial charge in [-0.2, -0.15) is 0 Å². The molecule has 0 bridgehead atoms. The highest BCUT2D eigenvalue weighted by Gasteiger charge is 2.41. The minimum atomic E-state index is -0.554. The molecule has 0 aromatic heterocycles. The number of carbonyl (C=O) groups is 2. The highest BCUT2D eigenvalue weighted by Crippen LogP contribution is 2.26. The van der Waals surface area contributed by atoms with Crippen molar-refractivity contribution in [1.82, 2.24) is 4.90 Å². The molecule has 1 heterocycles. The predicted octanol–water partition coefficient (Wildman–Crippen LogP) is 1.97. The molecule has 1 aliphatic rings. The van der Waals surface area contributed by atoms with E-state index in [1.165, 1.54) is 12.0 Å². The molecular weight excluding hydrogens is 337 g/mol. The average Bonchev–Trinajstić information content (AvgIpc) is 2.56. The molecule has 1 saturated heterocycles. The number of hydrogen-bond acceptors (Lipinski definition) is 4. The molecule has 0 saturated carbocycles. The van der Waals surface area contributed by atoms with Crippen molar-refractivity contribution in [2.24, 2.45) is 0 Å². The van der Waals surface area contributed by atoms with Crippen LogP contribution in [0.2, 0.25) is 0 Å². The number of esters is 1. The Morgan fingerprint density at radius 3 is 2.41 bits per heavy atom. The van der Waals surface area contributed by atoms with Crippen LogP contribution in [0.15, 0.2) is 0 Å². The van der Waals surface area contributed by atoms with E-state index >= 15 is 0 Å². The number of methoxy groups -OCH3 is 1. The molecule has 0 unspecified atom stereocenters. The van der Waals surface area contributed by atoms with E-state index in [-0.39, 0.29) is 9.89 Å². The minimum absolute atomic E-state index is 0.254. The van der Waals surface area contributed by atoms with Gasteiger partial charge in [0, 0.05) is 10.5 Å². The van der Waals surface area contributed by atoms with Gasteiger partial charge in [0.15, 0.2) is 0 Å². The Hall–Kier alpha value is -0.530. The van der Waals surface area contributed by atoms with Crippen LogP contribution in [0, 0.1) is 0 Å². The summed E-state index contributed by atoms with van der Waals surface area (Å²) in [6.45, 7) is 5.93. The second-order valence-corrected chi connectivity index (χ2v) is 6.77. The van der Waals surface area contributed by atoms with Crippen LogP contribution in [-0.4, -0.2) is 46.2 Å². The van der Waals surface area contributed by atoms with Crippen molar-refractivity contribution < 1.29 is 19.1 Å². The molecule has 6 heteroatoms. The van der Waals surface area contributed by atoms with Gasteiger partial charge in [-0.3, -0.25) is 4.90 Å². The SMILES string of the molecule is COC(=O)[C@H]1C[C@@H](I)CN1C(=O)OC(C)(C)C. The quantitative estimate of drug-likeness (QED) is 0.410. The van der Waals surface area contributed by atoms with Crippen LogP contribution in [0.25, 0.3) is 0 Å². The zero-order valence-electron chi connectivity index (χ0n) is 10.5. The van der Waals surface area contributed by atoms with Crippen LogP contribution in [0.5, 0.6) is 0 Å². The van der Waals surface area contributed by atoms with Crippen LogP contribution in [0.3, 0.4) is 0 Å². The van der Waals surface area contributed by atoms with Crippen molar-refractivity contribution in [3.05, 3.63) is 0 Å². The maximum Gasteiger partial charge on any atom is 0.411 e. The Morgan fingerprint density at radius 2 is 1.94 bits per heavy atom. The lowest BCUT2D eigenvalue weighted by atomic mass is 10.2. The lowest BCUT2D eigenvalue weighted by Crippen LogP contribution is -2.43. The molecule has 98 valence electrons. The zero-order valence-corrected chi connectivity index (χ0v) is 12.7. The van der Waals surface area contributed by atoms with E-state index < -0.39 is 17.7 Å². The van der Waals surface area contributed by atoms with E-state index in [0.29, 0.717) is 13.0 Å². The number of rotatable bonds is 1. The van der Waals surface area contributed by atoms with Gasteiger partial charge in [-0.25, -0.2) is 9.59 Å². The monoisotopic (exact) mass is 355 g/mol. The van der Waals surface area contributed by atoms with Crippen molar-refractivity contribution in [2.75, 3.05) is 13.7 Å². The van der Waals surface area contributed by atoms with Gasteiger partial charge in [-0.1, -0.05) is 22.6 Å². The average molecular weight is 355 g/mol. The van der Waals surface area contributed by atoms with E-state index in [0.717, 1.165) is 0 Å². The van der Waals surface area contributed by atoms with E-state index in [1.54, 1.807) is 20.8 Å². The molecule has 5 nitrogen and oxygen atoms in total. The first-order chi connectivity index (χ1) is 7.74. The van der Waals surface area contributed by atoms with Crippen molar-refractivity contribution in [2.45, 2.75) is 42.8 Å². The number of amides is 1. The summed E-state index contributed by atoms with van der Waals surface area (Å²) in [6.07, 6.45) is 0.166. The van der Waals surface area contributed by atoms with Gasteiger partial charge in [0.05, 0.1) is 7.11 Å². The van der Waals surface area contributed by atoms with Crippen LogP contribution < -0.4 is 0 Å². The Bertz CT molecular complexity index is 313. The van der Waals surface area contributed by atoms with Crippen molar-refractivity contribution in [3.63, 3.8) is 0 Å². The maximum atomic E-state index is 11.9. The third-order valence-corrected chi connectivity index (χ3v) is 3.25. The molecule has 1 fully saturated rings. The minimum Gasteiger partial charge on any atom is -0.467 e. The van der Waals surface area contributed by atoms with Crippen molar-refractivity contribution in [3.8, 4) is 0 Å². The normalized spacial score (nSPS) is 24.6. The molecule has 0 radical (unpaired) electrons. The summed E-state index contributed by atoms with van der Waals surface area (Å²) in [5, 5.41) is 0. The number of likely N-dealkylation sites (tertiary alicyclic amines) is 1. The van der Waals surface area contributed by atoms with Gasteiger partial charge in [0.25, 0.3) is 0 Å². The maximum absolute atomic E-state index is 11.9. The standard InChI is InChI=1S/C11H18INO4/c1-11(2,3)17-10(15)13-6-7(12)5-8(13)9(14)16-4/h7-8H,5-6H2,1-4H3/t7-,8-/m1/s1. The van der Waals surface area contributed by atoms with Gasteiger partial charge in [0.2, 0.25) is 0 Å². The molecule has 0 aromatic rings. The highest BCUT2D eigenvalue weighted by molar-refractivity contribution is 14.1. The molecule has 0 N–H and O–H groups in total. The molecule has 0 aliphatic carbocycles. The molecule has 0 spiro atoms. The van der Waals surface area contributed by atoms with E-state index in [2.05, 4.69) is 22.6 Å². The number of ether oxygens (including phenoxy) is 2. The molecule has 17 heavy (non-hydrogen) atoms. The van der Waals surface area contributed by atoms with Gasteiger partial charge in [-0.05, 0) is 27.2 Å². The van der Waals surface area contributed by atoms with Crippen molar-refractivity contribution in [1.29, 1.82) is 0 Å². The van der Waals surface area contributed by atoms with Gasteiger partial charge >= 0.3 is 12.1 Å². The number of carbonyl (C=O) groups excluding carboxylic acids is 2. The van der Waals surface area contributed by atoms with Gasteiger partial charge < -0.3 is 9.47 Å². The summed E-state index contributed by atoms with van der Waals surface area (Å²) in [4.78, 5) is 24.9. The van der Waals surface area contributed by atoms with E-state index in [1.807, 2.05) is 0 Å². The van der Waals surface area contributed by atoms with Crippen LogP contribution in [0.1, 0.15) is 27.2 Å². The summed E-state index contributed by atoms with van der Waals surface area (Å²) >= 11 is 2.23. The summed E-state index contributed by atoms with van der Waals surface area (Å²) in [5.41, 5.74) is -0.554. The Morgan fingerprint density at radius 1 is 1.35 bits per heavy atom. The number of alkyl halides is 1. The fourth-order valence-corrected chi connectivity index (χ4v) is 2.57. The lowest BCUT2D eigenvalue weighted by Gasteiger charge is -2.27. The summed E-state index contributed by atoms with van der Waals surface area (Å²) < 4.78 is 10.2. The number of nitrogens with zero attached hydrogens (tertiary/aromatic N) is 1. The smallest absolute Gasteiger partial charge is 0.411 e. The number of halogens is 1. The highest BCUT2D eigenvalue weighted by atomic mass is 127. The molecule has 1 amide bonds. The first-order valence-electron chi connectivity index (χ1n) is 5.46. The topological polar surface area (TPSA) is 55.8 Å². The molecular formula is C11H18INO4. The van der Waals surface area contributed by atoms with Crippen LogP contribution in [0.4, 0.5) is 4.79 Å². The van der Waals surface area contributed by atoms with Crippen LogP contribution in [-0.2, 0) is 14.3 Å². The van der Waals surface area contributed by atoms with Gasteiger partial charge in [-0.15, -0.1) is 0 Å². The fourth-order valence-electron chi connectivity index (χ4n) is 1.67. The van der Waals surface area contributed by atoms with Crippen LogP contribution >= 0.6 is 22.6 Å². The lowest BCUT2D eigenvalue weighted by molar-refractivity contribution is -0.145. The van der Waals surface area contributed by atoms with E-state index in [9.17, 15) is 9.59 Å². The Balaban J connectivity index is 2.73. The third-order valence-electron chi connectivity index (χ3n) is 2.35.